The van der Waals surface area contributed by atoms with Gasteiger partial charge in [-0.3, -0.25) is 0 Å². The number of methoxy groups -OCH3 is 1. The van der Waals surface area contributed by atoms with Crippen molar-refractivity contribution in [2.75, 3.05) is 13.7 Å². The van der Waals surface area contributed by atoms with E-state index in [1.807, 2.05) is 0 Å². The van der Waals surface area contributed by atoms with Gasteiger partial charge in [0.25, 0.3) is 0 Å². The highest BCUT2D eigenvalue weighted by molar-refractivity contribution is 5.83. The Kier molecular flexibility index (Phi) is 5.43. The standard InChI is InChI=1S/C18H28N2O/c1-5-11-19-14-16-8-6-7-15-9-12-20(17(15)16)13-10-18(2,3)21-4/h6-9,12,19H,5,10-11,13-14H2,1-4H3. The molecule has 3 nitrogen and oxygen atoms in total. The van der Waals surface area contributed by atoms with E-state index in [1.165, 1.54) is 22.9 Å². The lowest BCUT2D eigenvalue weighted by Crippen LogP contribution is -2.24. The zero-order chi connectivity index (χ0) is 15.3. The maximum absolute atomic E-state index is 5.53. The van der Waals surface area contributed by atoms with Crippen molar-refractivity contribution in [3.8, 4) is 0 Å². The van der Waals surface area contributed by atoms with Crippen molar-refractivity contribution in [3.05, 3.63) is 36.0 Å². The first kappa shape index (κ1) is 16.1. The van der Waals surface area contributed by atoms with E-state index in [1.54, 1.807) is 7.11 Å². The largest absolute Gasteiger partial charge is 0.379 e. The first-order valence-electron chi connectivity index (χ1n) is 7.90. The van der Waals surface area contributed by atoms with Gasteiger partial charge in [-0.1, -0.05) is 25.1 Å². The average molecular weight is 288 g/mol. The van der Waals surface area contributed by atoms with Crippen LogP contribution in [-0.2, 0) is 17.8 Å². The number of benzene rings is 1. The summed E-state index contributed by atoms with van der Waals surface area (Å²) >= 11 is 0. The molecule has 116 valence electrons. The summed E-state index contributed by atoms with van der Waals surface area (Å²) in [4.78, 5) is 0. The second kappa shape index (κ2) is 7.10. The minimum absolute atomic E-state index is 0.0774. The molecule has 0 aliphatic carbocycles. The van der Waals surface area contributed by atoms with Crippen molar-refractivity contribution in [2.24, 2.45) is 0 Å². The summed E-state index contributed by atoms with van der Waals surface area (Å²) in [7, 11) is 1.79. The van der Waals surface area contributed by atoms with E-state index in [9.17, 15) is 0 Å². The van der Waals surface area contributed by atoms with Gasteiger partial charge in [0.15, 0.2) is 0 Å². The summed E-state index contributed by atoms with van der Waals surface area (Å²) in [5.41, 5.74) is 2.65. The topological polar surface area (TPSA) is 26.2 Å². The van der Waals surface area contributed by atoms with Crippen LogP contribution < -0.4 is 5.32 Å². The number of rotatable bonds is 8. The van der Waals surface area contributed by atoms with E-state index in [2.05, 4.69) is 61.1 Å². The lowest BCUT2D eigenvalue weighted by Gasteiger charge is -2.23. The van der Waals surface area contributed by atoms with E-state index in [4.69, 9.17) is 4.74 Å². The highest BCUT2D eigenvalue weighted by Gasteiger charge is 2.16. The second-order valence-corrected chi connectivity index (χ2v) is 6.25. The number of aryl methyl sites for hydroxylation is 1. The number of nitrogens with one attached hydrogen (secondary N) is 1. The smallest absolute Gasteiger partial charge is 0.0639 e. The predicted octanol–water partition coefficient (Wildman–Crippen LogP) is 3.96. The molecule has 0 aliphatic rings. The van der Waals surface area contributed by atoms with Gasteiger partial charge in [0.1, 0.15) is 0 Å². The van der Waals surface area contributed by atoms with Crippen molar-refractivity contribution in [1.29, 1.82) is 0 Å². The molecule has 21 heavy (non-hydrogen) atoms. The van der Waals surface area contributed by atoms with Crippen molar-refractivity contribution in [2.45, 2.75) is 52.3 Å². The van der Waals surface area contributed by atoms with E-state index in [0.29, 0.717) is 0 Å². The summed E-state index contributed by atoms with van der Waals surface area (Å²) in [6, 6.07) is 8.77. The molecule has 3 heteroatoms. The average Bonchev–Trinajstić information content (AvgIpc) is 2.90. The van der Waals surface area contributed by atoms with Crippen molar-refractivity contribution in [3.63, 3.8) is 0 Å². The van der Waals surface area contributed by atoms with Gasteiger partial charge in [-0.25, -0.2) is 0 Å². The summed E-state index contributed by atoms with van der Waals surface area (Å²) in [5.74, 6) is 0. The molecule has 0 fully saturated rings. The van der Waals surface area contributed by atoms with Crippen LogP contribution in [0.5, 0.6) is 0 Å². The van der Waals surface area contributed by atoms with Crippen molar-refractivity contribution < 1.29 is 4.74 Å². The van der Waals surface area contributed by atoms with Gasteiger partial charge in [0, 0.05) is 26.4 Å². The molecule has 1 N–H and O–H groups in total. The maximum atomic E-state index is 5.53. The van der Waals surface area contributed by atoms with Gasteiger partial charge in [-0.05, 0) is 50.2 Å². The van der Waals surface area contributed by atoms with Gasteiger partial charge in [-0.2, -0.15) is 0 Å². The third-order valence-corrected chi connectivity index (χ3v) is 4.12. The second-order valence-electron chi connectivity index (χ2n) is 6.25. The third kappa shape index (κ3) is 4.08. The monoisotopic (exact) mass is 288 g/mol. The summed E-state index contributed by atoms with van der Waals surface area (Å²) in [6.07, 6.45) is 4.36. The molecule has 0 saturated carbocycles. The molecule has 0 unspecified atom stereocenters. The minimum Gasteiger partial charge on any atom is -0.379 e. The first-order valence-corrected chi connectivity index (χ1v) is 7.90. The fraction of sp³-hybridized carbons (Fsp3) is 0.556. The summed E-state index contributed by atoms with van der Waals surface area (Å²) < 4.78 is 7.89. The molecular weight excluding hydrogens is 260 g/mol. The molecule has 1 heterocycles. The zero-order valence-corrected chi connectivity index (χ0v) is 13.8. The van der Waals surface area contributed by atoms with Crippen molar-refractivity contribution >= 4 is 10.9 Å². The van der Waals surface area contributed by atoms with E-state index in [0.717, 1.165) is 26.1 Å². The molecule has 2 aromatic rings. The SMILES string of the molecule is CCCNCc1cccc2ccn(CCC(C)(C)OC)c12. The Balaban J connectivity index is 2.19. The minimum atomic E-state index is -0.0774. The number of fused-ring (bicyclic) bond motifs is 1. The van der Waals surface area contributed by atoms with Gasteiger partial charge in [0.05, 0.1) is 11.1 Å². The van der Waals surface area contributed by atoms with E-state index >= 15 is 0 Å². The van der Waals surface area contributed by atoms with Crippen LogP contribution in [0.3, 0.4) is 0 Å². The van der Waals surface area contributed by atoms with Gasteiger partial charge >= 0.3 is 0 Å². The molecule has 0 atom stereocenters. The van der Waals surface area contributed by atoms with Crippen LogP contribution in [-0.4, -0.2) is 23.8 Å². The molecule has 0 bridgehead atoms. The lowest BCUT2D eigenvalue weighted by atomic mass is 10.1. The molecular formula is C18H28N2O. The number of nitrogens with zero attached hydrogens (tertiary/aromatic N) is 1. The highest BCUT2D eigenvalue weighted by Crippen LogP contribution is 2.23. The Labute approximate surface area is 128 Å². The van der Waals surface area contributed by atoms with Gasteiger partial charge < -0.3 is 14.6 Å². The quantitative estimate of drug-likeness (QED) is 0.744. The van der Waals surface area contributed by atoms with Crippen molar-refractivity contribution in [1.82, 2.24) is 9.88 Å². The fourth-order valence-electron chi connectivity index (χ4n) is 2.56. The molecule has 0 saturated heterocycles. The van der Waals surface area contributed by atoms with E-state index in [-0.39, 0.29) is 5.60 Å². The van der Waals surface area contributed by atoms with Crippen LogP contribution in [0, 0.1) is 0 Å². The zero-order valence-electron chi connectivity index (χ0n) is 13.8. The normalized spacial score (nSPS) is 12.2. The Morgan fingerprint density at radius 3 is 2.76 bits per heavy atom. The lowest BCUT2D eigenvalue weighted by molar-refractivity contribution is 0.0123. The maximum Gasteiger partial charge on any atom is 0.0639 e. The van der Waals surface area contributed by atoms with Crippen LogP contribution in [0.15, 0.2) is 30.5 Å². The van der Waals surface area contributed by atoms with Crippen LogP contribution in [0.4, 0.5) is 0 Å². The number of hydrogen-bond acceptors (Lipinski definition) is 2. The Morgan fingerprint density at radius 1 is 1.24 bits per heavy atom. The molecule has 2 rings (SSSR count). The number of hydrogen-bond donors (Lipinski definition) is 1. The fourth-order valence-corrected chi connectivity index (χ4v) is 2.56. The van der Waals surface area contributed by atoms with Gasteiger partial charge in [-0.15, -0.1) is 0 Å². The molecule has 0 radical (unpaired) electrons. The van der Waals surface area contributed by atoms with Gasteiger partial charge in [0.2, 0.25) is 0 Å². The van der Waals surface area contributed by atoms with Crippen LogP contribution in [0.2, 0.25) is 0 Å². The Bertz CT molecular complexity index is 572. The first-order chi connectivity index (χ1) is 10.1. The van der Waals surface area contributed by atoms with Crippen LogP contribution in [0.25, 0.3) is 10.9 Å². The molecule has 0 spiro atoms. The Morgan fingerprint density at radius 2 is 2.05 bits per heavy atom. The molecule has 1 aromatic carbocycles. The summed E-state index contributed by atoms with van der Waals surface area (Å²) in [5, 5.41) is 4.83. The predicted molar refractivity (Wildman–Crippen MR) is 89.6 cm³/mol. The molecule has 1 aromatic heterocycles. The number of ether oxygens (including phenoxy) is 1. The Hall–Kier alpha value is -1.32. The third-order valence-electron chi connectivity index (χ3n) is 4.12. The molecule has 0 amide bonds. The number of para-hydroxylation sites is 1. The summed E-state index contributed by atoms with van der Waals surface area (Å²) in [6.45, 7) is 9.46. The van der Waals surface area contributed by atoms with E-state index < -0.39 is 0 Å². The molecule has 0 aliphatic heterocycles. The number of aromatic nitrogens is 1. The van der Waals surface area contributed by atoms with Crippen LogP contribution in [0.1, 0.15) is 39.2 Å². The highest BCUT2D eigenvalue weighted by atomic mass is 16.5. The van der Waals surface area contributed by atoms with Crippen LogP contribution >= 0.6 is 0 Å².